The number of fused-ring (bicyclic) bond motifs is 1. The van der Waals surface area contributed by atoms with Gasteiger partial charge in [-0.25, -0.2) is 19.3 Å². The number of hydrogen-bond acceptors (Lipinski definition) is 5. The van der Waals surface area contributed by atoms with E-state index < -0.39 is 0 Å². The minimum Gasteiger partial charge on any atom is -0.383 e. The Kier molecular flexibility index (Phi) is 3.09. The molecule has 0 saturated carbocycles. The maximum absolute atomic E-state index is 13.2. The van der Waals surface area contributed by atoms with E-state index in [1.54, 1.807) is 18.5 Å². The molecule has 0 aliphatic carbocycles. The zero-order valence-corrected chi connectivity index (χ0v) is 13.0. The standard InChI is InChI=1S/C16H12FN5S/c1-22-8-21-13(9-2-4-10(17)5-3-9)14(22)12-6-11-15(18)19-7-20-16(11)23-12/h2-8H,1H3,(H2,18,19,20). The van der Waals surface area contributed by atoms with Crippen molar-refractivity contribution in [2.75, 3.05) is 5.73 Å². The van der Waals surface area contributed by atoms with Gasteiger partial charge in [-0.15, -0.1) is 11.3 Å². The Morgan fingerprint density at radius 3 is 2.65 bits per heavy atom. The normalized spacial score (nSPS) is 11.2. The Morgan fingerprint density at radius 2 is 1.91 bits per heavy atom. The molecule has 0 radical (unpaired) electrons. The van der Waals surface area contributed by atoms with E-state index in [0.717, 1.165) is 32.0 Å². The predicted molar refractivity (Wildman–Crippen MR) is 89.4 cm³/mol. The molecule has 0 aliphatic rings. The van der Waals surface area contributed by atoms with Crippen LogP contribution in [0.1, 0.15) is 0 Å². The fraction of sp³-hybridized carbons (Fsp3) is 0.0625. The highest BCUT2D eigenvalue weighted by molar-refractivity contribution is 7.21. The molecular formula is C16H12FN5S. The molecular weight excluding hydrogens is 313 g/mol. The molecule has 3 heterocycles. The van der Waals surface area contributed by atoms with Gasteiger partial charge in [-0.1, -0.05) is 0 Å². The molecule has 3 aromatic heterocycles. The van der Waals surface area contributed by atoms with Crippen LogP contribution in [0.2, 0.25) is 0 Å². The molecule has 0 amide bonds. The minimum absolute atomic E-state index is 0.267. The summed E-state index contributed by atoms with van der Waals surface area (Å²) >= 11 is 1.53. The molecule has 0 bridgehead atoms. The van der Waals surface area contributed by atoms with Gasteiger partial charge >= 0.3 is 0 Å². The monoisotopic (exact) mass is 325 g/mol. The predicted octanol–water partition coefficient (Wildman–Crippen LogP) is 3.48. The number of benzene rings is 1. The van der Waals surface area contributed by atoms with E-state index in [1.807, 2.05) is 17.7 Å². The Morgan fingerprint density at radius 1 is 1.13 bits per heavy atom. The number of imidazole rings is 1. The summed E-state index contributed by atoms with van der Waals surface area (Å²) in [6.45, 7) is 0. The number of halogens is 1. The van der Waals surface area contributed by atoms with E-state index in [-0.39, 0.29) is 5.82 Å². The first kappa shape index (κ1) is 13.8. The quantitative estimate of drug-likeness (QED) is 0.612. The van der Waals surface area contributed by atoms with Gasteiger partial charge in [0.05, 0.1) is 28.0 Å². The molecule has 1 aromatic carbocycles. The van der Waals surface area contributed by atoms with Crippen molar-refractivity contribution in [2.24, 2.45) is 7.05 Å². The average Bonchev–Trinajstić information content (AvgIpc) is 3.12. The van der Waals surface area contributed by atoms with Crippen LogP contribution in [0.15, 0.2) is 43.0 Å². The van der Waals surface area contributed by atoms with Crippen LogP contribution < -0.4 is 5.73 Å². The second-order valence-corrected chi connectivity index (χ2v) is 6.18. The van der Waals surface area contributed by atoms with E-state index in [0.29, 0.717) is 5.82 Å². The highest BCUT2D eigenvalue weighted by Crippen LogP contribution is 2.38. The lowest BCUT2D eigenvalue weighted by Crippen LogP contribution is -1.90. The van der Waals surface area contributed by atoms with E-state index >= 15 is 0 Å². The Hall–Kier alpha value is -2.80. The van der Waals surface area contributed by atoms with Crippen molar-refractivity contribution in [3.8, 4) is 21.8 Å². The molecule has 7 heteroatoms. The topological polar surface area (TPSA) is 69.6 Å². The number of nitrogen functional groups attached to an aromatic ring is 1. The Bertz CT molecular complexity index is 1000. The Labute approximate surface area is 135 Å². The smallest absolute Gasteiger partial charge is 0.135 e. The number of anilines is 1. The zero-order valence-electron chi connectivity index (χ0n) is 12.2. The van der Waals surface area contributed by atoms with Gasteiger partial charge in [0.25, 0.3) is 0 Å². The maximum atomic E-state index is 13.2. The zero-order chi connectivity index (χ0) is 16.0. The Balaban J connectivity index is 1.92. The molecule has 114 valence electrons. The van der Waals surface area contributed by atoms with Crippen LogP contribution >= 0.6 is 11.3 Å². The van der Waals surface area contributed by atoms with Gasteiger partial charge in [0.1, 0.15) is 22.8 Å². The molecule has 0 atom stereocenters. The molecule has 0 aliphatic heterocycles. The molecule has 4 aromatic rings. The highest BCUT2D eigenvalue weighted by Gasteiger charge is 2.17. The summed E-state index contributed by atoms with van der Waals surface area (Å²) in [5, 5.41) is 0.832. The molecule has 0 fully saturated rings. The molecule has 23 heavy (non-hydrogen) atoms. The van der Waals surface area contributed by atoms with E-state index in [1.165, 1.54) is 29.8 Å². The van der Waals surface area contributed by atoms with Crippen LogP contribution in [0, 0.1) is 5.82 Å². The third-order valence-electron chi connectivity index (χ3n) is 3.65. The molecule has 0 spiro atoms. The van der Waals surface area contributed by atoms with Gasteiger partial charge in [-0.3, -0.25) is 0 Å². The second-order valence-electron chi connectivity index (χ2n) is 5.15. The summed E-state index contributed by atoms with van der Waals surface area (Å²) in [5.41, 5.74) is 8.52. The van der Waals surface area contributed by atoms with Crippen molar-refractivity contribution >= 4 is 27.4 Å². The SMILES string of the molecule is Cn1cnc(-c2ccc(F)cc2)c1-c1cc2c(N)ncnc2s1. The lowest BCUT2D eigenvalue weighted by atomic mass is 10.1. The third kappa shape index (κ3) is 2.25. The van der Waals surface area contributed by atoms with Crippen molar-refractivity contribution in [3.05, 3.63) is 48.8 Å². The average molecular weight is 325 g/mol. The second kappa shape index (κ2) is 5.13. The maximum Gasteiger partial charge on any atom is 0.135 e. The fourth-order valence-corrected chi connectivity index (χ4v) is 3.63. The fourth-order valence-electron chi connectivity index (χ4n) is 2.53. The van der Waals surface area contributed by atoms with Crippen LogP contribution in [0.5, 0.6) is 0 Å². The van der Waals surface area contributed by atoms with Gasteiger partial charge < -0.3 is 10.3 Å². The summed E-state index contributed by atoms with van der Waals surface area (Å²) in [5.74, 6) is 0.194. The molecule has 4 rings (SSSR count). The van der Waals surface area contributed by atoms with Crippen LogP contribution in [-0.2, 0) is 7.05 Å². The number of thiophene rings is 1. The summed E-state index contributed by atoms with van der Waals surface area (Å²) in [4.78, 5) is 14.6. The lowest BCUT2D eigenvalue weighted by molar-refractivity contribution is 0.628. The van der Waals surface area contributed by atoms with E-state index in [4.69, 9.17) is 5.73 Å². The van der Waals surface area contributed by atoms with Gasteiger partial charge in [0.15, 0.2) is 0 Å². The van der Waals surface area contributed by atoms with Crippen molar-refractivity contribution in [1.29, 1.82) is 0 Å². The minimum atomic E-state index is -0.267. The van der Waals surface area contributed by atoms with Crippen LogP contribution in [0.4, 0.5) is 10.2 Å². The number of hydrogen-bond donors (Lipinski definition) is 1. The number of aromatic nitrogens is 4. The highest BCUT2D eigenvalue weighted by atomic mass is 32.1. The van der Waals surface area contributed by atoms with Crippen LogP contribution in [-0.4, -0.2) is 19.5 Å². The first-order valence-electron chi connectivity index (χ1n) is 6.91. The number of aryl methyl sites for hydroxylation is 1. The van der Waals surface area contributed by atoms with Gasteiger partial charge in [0, 0.05) is 12.6 Å². The van der Waals surface area contributed by atoms with Crippen molar-refractivity contribution in [2.45, 2.75) is 0 Å². The van der Waals surface area contributed by atoms with Gasteiger partial charge in [-0.2, -0.15) is 0 Å². The third-order valence-corrected chi connectivity index (χ3v) is 4.70. The van der Waals surface area contributed by atoms with Crippen molar-refractivity contribution in [3.63, 3.8) is 0 Å². The van der Waals surface area contributed by atoms with Crippen LogP contribution in [0.3, 0.4) is 0 Å². The van der Waals surface area contributed by atoms with Gasteiger partial charge in [0.2, 0.25) is 0 Å². The molecule has 0 saturated heterocycles. The van der Waals surface area contributed by atoms with Crippen molar-refractivity contribution < 1.29 is 4.39 Å². The first-order valence-corrected chi connectivity index (χ1v) is 7.73. The first-order chi connectivity index (χ1) is 11.1. The molecule has 5 nitrogen and oxygen atoms in total. The largest absolute Gasteiger partial charge is 0.383 e. The number of rotatable bonds is 2. The summed E-state index contributed by atoms with van der Waals surface area (Å²) in [7, 11) is 1.93. The van der Waals surface area contributed by atoms with Crippen molar-refractivity contribution in [1.82, 2.24) is 19.5 Å². The lowest BCUT2D eigenvalue weighted by Gasteiger charge is -2.04. The van der Waals surface area contributed by atoms with E-state index in [9.17, 15) is 4.39 Å². The molecule has 0 unspecified atom stereocenters. The summed E-state index contributed by atoms with van der Waals surface area (Å²) in [6.07, 6.45) is 3.20. The number of nitrogens with two attached hydrogens (primary N) is 1. The van der Waals surface area contributed by atoms with E-state index in [2.05, 4.69) is 15.0 Å². The summed E-state index contributed by atoms with van der Waals surface area (Å²) < 4.78 is 15.1. The summed E-state index contributed by atoms with van der Waals surface area (Å²) in [6, 6.07) is 8.29. The number of nitrogens with zero attached hydrogens (tertiary/aromatic N) is 4. The van der Waals surface area contributed by atoms with Crippen LogP contribution in [0.25, 0.3) is 32.0 Å². The molecule has 2 N–H and O–H groups in total. The van der Waals surface area contributed by atoms with Gasteiger partial charge in [-0.05, 0) is 30.3 Å².